The number of benzene rings is 1. The van der Waals surface area contributed by atoms with E-state index in [4.69, 9.17) is 10.5 Å². The molecule has 0 atom stereocenters. The van der Waals surface area contributed by atoms with Crippen molar-refractivity contribution in [2.24, 2.45) is 0 Å². The molecule has 16 heavy (non-hydrogen) atoms. The van der Waals surface area contributed by atoms with E-state index in [2.05, 4.69) is 0 Å². The molecule has 0 aromatic heterocycles. The third kappa shape index (κ3) is 2.18. The van der Waals surface area contributed by atoms with E-state index in [0.29, 0.717) is 32.0 Å². The summed E-state index contributed by atoms with van der Waals surface area (Å²) in [6.45, 7) is 1.67. The van der Waals surface area contributed by atoms with Crippen LogP contribution in [0.15, 0.2) is 29.2 Å². The number of hydrogen-bond acceptors (Lipinski definition) is 3. The van der Waals surface area contributed by atoms with Crippen LogP contribution in [0.4, 0.5) is 5.69 Å². The van der Waals surface area contributed by atoms with Gasteiger partial charge in [-0.2, -0.15) is 4.31 Å². The van der Waals surface area contributed by atoms with Crippen LogP contribution >= 0.6 is 0 Å². The maximum absolute atomic E-state index is 12.1. The van der Waals surface area contributed by atoms with Crippen LogP contribution in [0.1, 0.15) is 0 Å². The van der Waals surface area contributed by atoms with Crippen LogP contribution in [0.2, 0.25) is 0 Å². The van der Waals surface area contributed by atoms with Crippen LogP contribution in [-0.4, -0.2) is 39.0 Å². The highest BCUT2D eigenvalue weighted by Gasteiger charge is 2.25. The van der Waals surface area contributed by atoms with Gasteiger partial charge in [-0.15, -0.1) is 0 Å². The zero-order chi connectivity index (χ0) is 11.6. The van der Waals surface area contributed by atoms with Crippen LogP contribution < -0.4 is 5.73 Å². The fraction of sp³-hybridized carbons (Fsp3) is 0.400. The topological polar surface area (TPSA) is 70.4 Å². The number of nitrogens with one attached hydrogen (secondary N) is 1. The number of morpholine rings is 1. The summed E-state index contributed by atoms with van der Waals surface area (Å²) < 4.78 is 30.7. The number of sulfonamides is 1. The molecular formula is C10H13N2O3S. The van der Waals surface area contributed by atoms with E-state index in [1.807, 2.05) is 0 Å². The van der Waals surface area contributed by atoms with Crippen molar-refractivity contribution in [3.8, 4) is 0 Å². The van der Waals surface area contributed by atoms with Crippen molar-refractivity contribution in [3.63, 3.8) is 0 Å². The minimum Gasteiger partial charge on any atom is -0.379 e. The standard InChI is InChI=1S/C10H13N2O3S/c11-9-1-3-10(4-2-9)16(13,14)12-5-7-15-8-6-12/h1-4,11H,5-8H2. The van der Waals surface area contributed by atoms with Crippen molar-refractivity contribution in [1.82, 2.24) is 10.0 Å². The zero-order valence-corrected chi connectivity index (χ0v) is 9.53. The van der Waals surface area contributed by atoms with Gasteiger partial charge in [0.05, 0.1) is 23.8 Å². The molecule has 1 aromatic rings. The molecule has 87 valence electrons. The molecule has 1 fully saturated rings. The van der Waals surface area contributed by atoms with Crippen LogP contribution in [0.25, 0.3) is 0 Å². The minimum atomic E-state index is -3.41. The Balaban J connectivity index is 2.27. The summed E-state index contributed by atoms with van der Waals surface area (Å²) in [5, 5.41) is 0. The van der Waals surface area contributed by atoms with Crippen molar-refractivity contribution in [2.45, 2.75) is 4.90 Å². The molecule has 0 unspecified atom stereocenters. The van der Waals surface area contributed by atoms with E-state index >= 15 is 0 Å². The van der Waals surface area contributed by atoms with Crippen molar-refractivity contribution in [2.75, 3.05) is 26.3 Å². The van der Waals surface area contributed by atoms with E-state index < -0.39 is 10.0 Å². The first-order valence-corrected chi connectivity index (χ1v) is 6.44. The molecule has 1 radical (unpaired) electrons. The van der Waals surface area contributed by atoms with E-state index in [-0.39, 0.29) is 4.90 Å². The normalized spacial score (nSPS) is 18.5. The molecular weight excluding hydrogens is 228 g/mol. The van der Waals surface area contributed by atoms with Gasteiger partial charge in [-0.1, -0.05) is 0 Å². The third-order valence-electron chi connectivity index (χ3n) is 2.46. The fourth-order valence-corrected chi connectivity index (χ4v) is 2.97. The Morgan fingerprint density at radius 1 is 1.12 bits per heavy atom. The van der Waals surface area contributed by atoms with Crippen molar-refractivity contribution in [3.05, 3.63) is 24.3 Å². The molecule has 0 bridgehead atoms. The van der Waals surface area contributed by atoms with Crippen LogP contribution in [0.3, 0.4) is 0 Å². The summed E-state index contributed by atoms with van der Waals surface area (Å²) >= 11 is 0. The quantitative estimate of drug-likeness (QED) is 0.762. The number of nitrogens with zero attached hydrogens (tertiary/aromatic N) is 1. The molecule has 1 aromatic carbocycles. The Bertz CT molecular complexity index is 449. The lowest BCUT2D eigenvalue weighted by atomic mass is 10.3. The average molecular weight is 241 g/mol. The second-order valence-electron chi connectivity index (χ2n) is 3.54. The van der Waals surface area contributed by atoms with E-state index in [0.717, 1.165) is 0 Å². The van der Waals surface area contributed by atoms with Gasteiger partial charge in [0.25, 0.3) is 0 Å². The highest BCUT2D eigenvalue weighted by Crippen LogP contribution is 2.18. The summed E-state index contributed by atoms with van der Waals surface area (Å²) in [4.78, 5) is 0.241. The van der Waals surface area contributed by atoms with Crippen molar-refractivity contribution < 1.29 is 13.2 Å². The van der Waals surface area contributed by atoms with Gasteiger partial charge in [-0.25, -0.2) is 8.42 Å². The summed E-state index contributed by atoms with van der Waals surface area (Å²) in [5.74, 6) is 0. The molecule has 1 heterocycles. The molecule has 0 aliphatic carbocycles. The third-order valence-corrected chi connectivity index (χ3v) is 4.38. The highest BCUT2D eigenvalue weighted by atomic mass is 32.2. The maximum atomic E-state index is 12.1. The second kappa shape index (κ2) is 4.40. The summed E-state index contributed by atoms with van der Waals surface area (Å²) in [6, 6.07) is 5.89. The van der Waals surface area contributed by atoms with Gasteiger partial charge < -0.3 is 10.5 Å². The van der Waals surface area contributed by atoms with E-state index in [1.165, 1.54) is 28.6 Å². The molecule has 5 nitrogen and oxygen atoms in total. The van der Waals surface area contributed by atoms with Gasteiger partial charge in [0.1, 0.15) is 0 Å². The van der Waals surface area contributed by atoms with Gasteiger partial charge in [-0.05, 0) is 24.3 Å². The molecule has 0 saturated carbocycles. The predicted octanol–water partition coefficient (Wildman–Crippen LogP) is 0.622. The van der Waals surface area contributed by atoms with Crippen LogP contribution in [0, 0.1) is 0 Å². The maximum Gasteiger partial charge on any atom is 0.243 e. The summed E-state index contributed by atoms with van der Waals surface area (Å²) in [6.07, 6.45) is 0. The second-order valence-corrected chi connectivity index (χ2v) is 5.48. The summed E-state index contributed by atoms with van der Waals surface area (Å²) in [5.41, 5.74) is 7.62. The molecule has 1 aliphatic rings. The number of hydrogen-bond donors (Lipinski definition) is 0. The molecule has 1 aliphatic heterocycles. The van der Waals surface area contributed by atoms with Crippen LogP contribution in [0.5, 0.6) is 0 Å². The lowest BCUT2D eigenvalue weighted by Crippen LogP contribution is -2.40. The van der Waals surface area contributed by atoms with Gasteiger partial charge in [0, 0.05) is 13.1 Å². The van der Waals surface area contributed by atoms with E-state index in [9.17, 15) is 8.42 Å². The number of rotatable bonds is 2. The monoisotopic (exact) mass is 241 g/mol. The van der Waals surface area contributed by atoms with Crippen LogP contribution in [-0.2, 0) is 14.8 Å². The predicted molar refractivity (Wildman–Crippen MR) is 58.8 cm³/mol. The van der Waals surface area contributed by atoms with Crippen molar-refractivity contribution >= 4 is 15.7 Å². The molecule has 2 rings (SSSR count). The van der Waals surface area contributed by atoms with Gasteiger partial charge in [0.15, 0.2) is 0 Å². The van der Waals surface area contributed by atoms with Gasteiger partial charge in [0.2, 0.25) is 10.0 Å². The largest absolute Gasteiger partial charge is 0.379 e. The molecule has 0 spiro atoms. The highest BCUT2D eigenvalue weighted by molar-refractivity contribution is 7.89. The number of ether oxygens (including phenoxy) is 1. The fourth-order valence-electron chi connectivity index (χ4n) is 1.56. The summed E-state index contributed by atoms with van der Waals surface area (Å²) in [7, 11) is -3.41. The molecule has 0 amide bonds. The Morgan fingerprint density at radius 2 is 1.69 bits per heavy atom. The first kappa shape index (κ1) is 11.4. The zero-order valence-electron chi connectivity index (χ0n) is 8.72. The van der Waals surface area contributed by atoms with E-state index in [1.54, 1.807) is 0 Å². The average Bonchev–Trinajstić information content (AvgIpc) is 2.31. The molecule has 1 N–H and O–H groups in total. The lowest BCUT2D eigenvalue weighted by molar-refractivity contribution is 0.0730. The van der Waals surface area contributed by atoms with Crippen molar-refractivity contribution in [1.29, 1.82) is 0 Å². The Morgan fingerprint density at radius 3 is 2.25 bits per heavy atom. The minimum absolute atomic E-state index is 0.241. The first-order chi connectivity index (χ1) is 7.60. The smallest absolute Gasteiger partial charge is 0.243 e. The Hall–Kier alpha value is -1.11. The lowest BCUT2D eigenvalue weighted by Gasteiger charge is -2.25. The molecule has 1 saturated heterocycles. The van der Waals surface area contributed by atoms with Gasteiger partial charge >= 0.3 is 0 Å². The Kier molecular flexibility index (Phi) is 3.13. The first-order valence-electron chi connectivity index (χ1n) is 5.00. The SMILES string of the molecule is [NH]c1ccc(S(=O)(=O)N2CCOCC2)cc1. The molecule has 6 heteroatoms. The van der Waals surface area contributed by atoms with Gasteiger partial charge in [-0.3, -0.25) is 0 Å². The Labute approximate surface area is 94.9 Å².